The van der Waals surface area contributed by atoms with Gasteiger partial charge < -0.3 is 10.2 Å². The average molecular weight is 348 g/mol. The van der Waals surface area contributed by atoms with Gasteiger partial charge in [-0.3, -0.25) is 9.89 Å². The quantitative estimate of drug-likeness (QED) is 0.710. The molecule has 0 fully saturated rings. The zero-order valence-corrected chi connectivity index (χ0v) is 15.4. The molecule has 0 unspecified atom stereocenters. The first-order valence-corrected chi connectivity index (χ1v) is 8.67. The first kappa shape index (κ1) is 17.7. The summed E-state index contributed by atoms with van der Waals surface area (Å²) in [6, 6.07) is 18.0. The Bertz CT molecular complexity index is 883. The van der Waals surface area contributed by atoms with Gasteiger partial charge in [-0.25, -0.2) is 0 Å². The number of H-pyrrole nitrogens is 1. The van der Waals surface area contributed by atoms with Gasteiger partial charge in [-0.1, -0.05) is 35.9 Å². The van der Waals surface area contributed by atoms with Gasteiger partial charge in [0, 0.05) is 30.5 Å². The molecule has 0 saturated heterocycles. The van der Waals surface area contributed by atoms with E-state index >= 15 is 0 Å². The zero-order chi connectivity index (χ0) is 18.5. The molecule has 1 heterocycles. The van der Waals surface area contributed by atoms with Crippen molar-refractivity contribution >= 4 is 11.6 Å². The van der Waals surface area contributed by atoms with Crippen molar-refractivity contribution in [3.8, 4) is 0 Å². The molecule has 3 aromatic rings. The number of hydrogen-bond acceptors (Lipinski definition) is 3. The van der Waals surface area contributed by atoms with E-state index < -0.39 is 0 Å². The van der Waals surface area contributed by atoms with E-state index in [1.54, 1.807) is 11.9 Å². The first-order chi connectivity index (χ1) is 12.5. The van der Waals surface area contributed by atoms with Crippen molar-refractivity contribution in [2.75, 3.05) is 12.4 Å². The first-order valence-electron chi connectivity index (χ1n) is 8.67. The molecule has 2 N–H and O–H groups in total. The number of amides is 1. The Morgan fingerprint density at radius 2 is 1.88 bits per heavy atom. The summed E-state index contributed by atoms with van der Waals surface area (Å²) in [7, 11) is 1.79. The van der Waals surface area contributed by atoms with Gasteiger partial charge in [-0.2, -0.15) is 5.10 Å². The van der Waals surface area contributed by atoms with Crippen molar-refractivity contribution in [2.24, 2.45) is 0 Å². The van der Waals surface area contributed by atoms with Gasteiger partial charge in [0.2, 0.25) is 0 Å². The molecule has 2 aromatic carbocycles. The maximum absolute atomic E-state index is 12.7. The number of carbonyl (C=O) groups is 1. The van der Waals surface area contributed by atoms with Crippen LogP contribution in [0.1, 0.15) is 32.9 Å². The summed E-state index contributed by atoms with van der Waals surface area (Å²) in [6.07, 6.45) is 0. The minimum atomic E-state index is -0.0235. The van der Waals surface area contributed by atoms with Gasteiger partial charge in [0.15, 0.2) is 0 Å². The summed E-state index contributed by atoms with van der Waals surface area (Å²) >= 11 is 0. The van der Waals surface area contributed by atoms with Crippen LogP contribution in [0, 0.1) is 13.8 Å². The summed E-state index contributed by atoms with van der Waals surface area (Å²) in [4.78, 5) is 14.4. The topological polar surface area (TPSA) is 61.0 Å². The molecule has 0 radical (unpaired) electrons. The number of aryl methyl sites for hydroxylation is 2. The number of aromatic amines is 1. The third kappa shape index (κ3) is 4.51. The van der Waals surface area contributed by atoms with Crippen LogP contribution in [-0.2, 0) is 13.1 Å². The van der Waals surface area contributed by atoms with Crippen LogP contribution in [0.5, 0.6) is 0 Å². The highest BCUT2D eigenvalue weighted by atomic mass is 16.2. The highest BCUT2D eigenvalue weighted by Crippen LogP contribution is 2.15. The van der Waals surface area contributed by atoms with Crippen molar-refractivity contribution in [2.45, 2.75) is 26.9 Å². The minimum Gasteiger partial charge on any atom is -0.381 e. The van der Waals surface area contributed by atoms with Gasteiger partial charge >= 0.3 is 0 Å². The summed E-state index contributed by atoms with van der Waals surface area (Å²) in [5.74, 6) is -0.0235. The second-order valence-electron chi connectivity index (χ2n) is 6.62. The molecule has 0 bridgehead atoms. The lowest BCUT2D eigenvalue weighted by atomic mass is 10.1. The lowest BCUT2D eigenvalue weighted by Crippen LogP contribution is -2.26. The number of rotatable bonds is 6. The molecule has 1 amide bonds. The lowest BCUT2D eigenvalue weighted by Gasteiger charge is -2.16. The lowest BCUT2D eigenvalue weighted by molar-refractivity contribution is 0.0783. The van der Waals surface area contributed by atoms with E-state index in [0.717, 1.165) is 23.6 Å². The third-order valence-electron chi connectivity index (χ3n) is 4.23. The number of carbonyl (C=O) groups excluding carboxylic acids is 1. The van der Waals surface area contributed by atoms with E-state index in [1.165, 1.54) is 11.1 Å². The number of hydrogen-bond donors (Lipinski definition) is 2. The number of nitrogens with zero attached hydrogens (tertiary/aromatic N) is 2. The van der Waals surface area contributed by atoms with Crippen molar-refractivity contribution in [3.63, 3.8) is 0 Å². The van der Waals surface area contributed by atoms with E-state index in [-0.39, 0.29) is 5.91 Å². The molecular weight excluding hydrogens is 324 g/mol. The Kier molecular flexibility index (Phi) is 5.37. The van der Waals surface area contributed by atoms with Crippen LogP contribution < -0.4 is 5.32 Å². The van der Waals surface area contributed by atoms with E-state index in [1.807, 2.05) is 37.3 Å². The zero-order valence-electron chi connectivity index (χ0n) is 15.4. The number of benzene rings is 2. The fourth-order valence-corrected chi connectivity index (χ4v) is 2.76. The molecule has 0 spiro atoms. The van der Waals surface area contributed by atoms with Crippen molar-refractivity contribution in [3.05, 3.63) is 82.7 Å². The second kappa shape index (κ2) is 7.87. The van der Waals surface area contributed by atoms with Crippen molar-refractivity contribution in [1.29, 1.82) is 0 Å². The second-order valence-corrected chi connectivity index (χ2v) is 6.62. The molecule has 0 saturated carbocycles. The number of aromatic nitrogens is 2. The maximum Gasteiger partial charge on any atom is 0.254 e. The predicted molar refractivity (Wildman–Crippen MR) is 104 cm³/mol. The van der Waals surface area contributed by atoms with Crippen LogP contribution in [0.2, 0.25) is 0 Å². The van der Waals surface area contributed by atoms with Crippen LogP contribution in [0.3, 0.4) is 0 Å². The van der Waals surface area contributed by atoms with Crippen LogP contribution in [0.4, 0.5) is 5.69 Å². The average Bonchev–Trinajstić information content (AvgIpc) is 3.05. The van der Waals surface area contributed by atoms with Crippen LogP contribution in [0.15, 0.2) is 54.6 Å². The van der Waals surface area contributed by atoms with Crippen LogP contribution >= 0.6 is 0 Å². The van der Waals surface area contributed by atoms with Gasteiger partial charge in [-0.05, 0) is 43.7 Å². The van der Waals surface area contributed by atoms with E-state index in [2.05, 4.69) is 46.7 Å². The summed E-state index contributed by atoms with van der Waals surface area (Å²) in [5, 5.41) is 10.5. The Labute approximate surface area is 154 Å². The molecule has 3 rings (SSSR count). The Morgan fingerprint density at radius 3 is 2.58 bits per heavy atom. The summed E-state index contributed by atoms with van der Waals surface area (Å²) in [6.45, 7) is 5.22. The number of nitrogens with one attached hydrogen (secondary N) is 2. The molecular formula is C21H24N4O. The van der Waals surface area contributed by atoms with E-state index in [0.29, 0.717) is 12.1 Å². The van der Waals surface area contributed by atoms with Crippen LogP contribution in [-0.4, -0.2) is 28.1 Å². The van der Waals surface area contributed by atoms with Gasteiger partial charge in [0.05, 0.1) is 12.2 Å². The van der Waals surface area contributed by atoms with E-state index in [9.17, 15) is 4.79 Å². The Morgan fingerprint density at radius 1 is 1.12 bits per heavy atom. The van der Waals surface area contributed by atoms with Crippen molar-refractivity contribution in [1.82, 2.24) is 15.1 Å². The molecule has 26 heavy (non-hydrogen) atoms. The van der Waals surface area contributed by atoms with E-state index in [4.69, 9.17) is 0 Å². The highest BCUT2D eigenvalue weighted by Gasteiger charge is 2.13. The normalized spacial score (nSPS) is 10.6. The predicted octanol–water partition coefficient (Wildman–Crippen LogP) is 3.91. The summed E-state index contributed by atoms with van der Waals surface area (Å²) in [5.41, 5.74) is 5.89. The molecule has 0 aliphatic carbocycles. The number of anilines is 1. The smallest absolute Gasteiger partial charge is 0.254 e. The van der Waals surface area contributed by atoms with Crippen molar-refractivity contribution < 1.29 is 4.79 Å². The maximum atomic E-state index is 12.7. The molecule has 0 atom stereocenters. The third-order valence-corrected chi connectivity index (χ3v) is 4.23. The standard InChI is InChI=1S/C21H24N4O/c1-15-7-9-17(10-8-15)13-22-19-6-4-5-18(12-19)21(26)25(3)14-20-11-16(2)23-24-20/h4-12,22H,13-14H2,1-3H3,(H,23,24). The fraction of sp³-hybridized carbons (Fsp3) is 0.238. The summed E-state index contributed by atoms with van der Waals surface area (Å²) < 4.78 is 0. The van der Waals surface area contributed by atoms with Crippen LogP contribution in [0.25, 0.3) is 0 Å². The Balaban J connectivity index is 1.63. The van der Waals surface area contributed by atoms with Gasteiger partial charge in [0.25, 0.3) is 5.91 Å². The largest absolute Gasteiger partial charge is 0.381 e. The molecule has 5 heteroatoms. The SMILES string of the molecule is Cc1ccc(CNc2cccc(C(=O)N(C)Cc3cc(C)[nH]n3)c2)cc1. The van der Waals surface area contributed by atoms with Gasteiger partial charge in [-0.15, -0.1) is 0 Å². The molecule has 0 aliphatic rings. The molecule has 0 aliphatic heterocycles. The molecule has 5 nitrogen and oxygen atoms in total. The highest BCUT2D eigenvalue weighted by molar-refractivity contribution is 5.94. The molecule has 1 aromatic heterocycles. The minimum absolute atomic E-state index is 0.0235. The molecule has 134 valence electrons. The van der Waals surface area contributed by atoms with Gasteiger partial charge in [0.1, 0.15) is 0 Å². The fourth-order valence-electron chi connectivity index (χ4n) is 2.76. The Hall–Kier alpha value is -3.08. The monoisotopic (exact) mass is 348 g/mol.